The molecule has 1 heterocycles. The number of carbonyl (C=O) groups is 1. The van der Waals surface area contributed by atoms with Gasteiger partial charge < -0.3 is 14.2 Å². The molecular weight excluding hydrogens is 516 g/mol. The first-order valence-corrected chi connectivity index (χ1v) is 12.9. The quantitative estimate of drug-likeness (QED) is 0.179. The van der Waals surface area contributed by atoms with E-state index in [9.17, 15) is 18.5 Å². The Kier molecular flexibility index (Phi) is 8.64. The standard InChI is InChI=1S/C22H19ClN4O6S2/c1-31-18-5-3-4-6-19(18)33-10-9-32-17-8-7-14(12-16(17)23)11-15(13-24)20(28)25-21-26-27-22(34-21)35(2,29)30/h3-8,11-12H,9-10H2,1-2H3,(H,25,26,28)/b15-11-. The molecule has 0 aliphatic heterocycles. The molecule has 0 spiro atoms. The number of amides is 1. The van der Waals surface area contributed by atoms with Gasteiger partial charge >= 0.3 is 0 Å². The number of ether oxygens (including phenoxy) is 3. The minimum atomic E-state index is -3.55. The molecule has 1 N–H and O–H groups in total. The Morgan fingerprint density at radius 1 is 1.14 bits per heavy atom. The third-order valence-corrected chi connectivity index (χ3v) is 7.05. The molecule has 0 radical (unpaired) electrons. The van der Waals surface area contributed by atoms with Gasteiger partial charge in [-0.25, -0.2) is 8.42 Å². The summed E-state index contributed by atoms with van der Waals surface area (Å²) in [6.45, 7) is 0.472. The summed E-state index contributed by atoms with van der Waals surface area (Å²) >= 11 is 6.97. The van der Waals surface area contributed by atoms with Gasteiger partial charge in [-0.3, -0.25) is 10.1 Å². The summed E-state index contributed by atoms with van der Waals surface area (Å²) in [5.74, 6) is 0.834. The van der Waals surface area contributed by atoms with Crippen LogP contribution in [-0.4, -0.2) is 51.1 Å². The SMILES string of the molecule is COc1ccccc1OCCOc1ccc(/C=C(/C#N)C(=O)Nc2nnc(S(C)(=O)=O)s2)cc1Cl. The van der Waals surface area contributed by atoms with E-state index in [0.717, 1.165) is 6.26 Å². The number of aromatic nitrogens is 2. The monoisotopic (exact) mass is 534 g/mol. The molecule has 0 fully saturated rings. The molecule has 13 heteroatoms. The summed E-state index contributed by atoms with van der Waals surface area (Å²) < 4.78 is 39.3. The number of para-hydroxylation sites is 2. The lowest BCUT2D eigenvalue weighted by Gasteiger charge is -2.12. The van der Waals surface area contributed by atoms with E-state index in [-0.39, 0.29) is 33.3 Å². The number of carbonyl (C=O) groups excluding carboxylic acids is 1. The normalized spacial score (nSPS) is 11.4. The smallest absolute Gasteiger partial charge is 0.268 e. The highest BCUT2D eigenvalue weighted by atomic mass is 35.5. The number of hydrogen-bond acceptors (Lipinski definition) is 10. The highest BCUT2D eigenvalue weighted by molar-refractivity contribution is 7.92. The van der Waals surface area contributed by atoms with Gasteiger partial charge in [0.25, 0.3) is 5.91 Å². The minimum absolute atomic E-state index is 0.0475. The molecule has 3 rings (SSSR count). The number of hydrogen-bond donors (Lipinski definition) is 1. The van der Waals surface area contributed by atoms with Crippen molar-refractivity contribution in [2.24, 2.45) is 0 Å². The van der Waals surface area contributed by atoms with Crippen molar-refractivity contribution in [3.8, 4) is 23.3 Å². The second kappa shape index (κ2) is 11.7. The molecule has 182 valence electrons. The van der Waals surface area contributed by atoms with E-state index in [2.05, 4.69) is 15.5 Å². The van der Waals surface area contributed by atoms with Crippen LogP contribution in [0.2, 0.25) is 5.02 Å². The second-order valence-electron chi connectivity index (χ2n) is 6.81. The highest BCUT2D eigenvalue weighted by Gasteiger charge is 2.17. The van der Waals surface area contributed by atoms with E-state index in [1.165, 1.54) is 12.1 Å². The van der Waals surface area contributed by atoms with Gasteiger partial charge in [0.15, 0.2) is 11.5 Å². The Morgan fingerprint density at radius 2 is 1.83 bits per heavy atom. The van der Waals surface area contributed by atoms with Crippen LogP contribution in [0.5, 0.6) is 17.2 Å². The summed E-state index contributed by atoms with van der Waals surface area (Å²) in [7, 11) is -2.00. The average molecular weight is 535 g/mol. The topological polar surface area (TPSA) is 140 Å². The van der Waals surface area contributed by atoms with Crippen molar-refractivity contribution >= 4 is 49.9 Å². The predicted octanol–water partition coefficient (Wildman–Crippen LogP) is 3.61. The van der Waals surface area contributed by atoms with Gasteiger partial charge in [0, 0.05) is 6.26 Å². The van der Waals surface area contributed by atoms with Gasteiger partial charge in [-0.15, -0.1) is 10.2 Å². The molecule has 35 heavy (non-hydrogen) atoms. The Hall–Kier alpha value is -3.66. The van der Waals surface area contributed by atoms with E-state index >= 15 is 0 Å². The second-order valence-corrected chi connectivity index (χ2v) is 10.4. The Labute approximate surface area is 210 Å². The van der Waals surface area contributed by atoms with Crippen LogP contribution in [0.1, 0.15) is 5.56 Å². The van der Waals surface area contributed by atoms with Crippen LogP contribution in [-0.2, 0) is 14.6 Å². The van der Waals surface area contributed by atoms with E-state index in [1.807, 2.05) is 12.1 Å². The van der Waals surface area contributed by atoms with Gasteiger partial charge in [-0.05, 0) is 35.9 Å². The lowest BCUT2D eigenvalue weighted by atomic mass is 10.1. The van der Waals surface area contributed by atoms with Crippen molar-refractivity contribution in [1.82, 2.24) is 10.2 Å². The van der Waals surface area contributed by atoms with Crippen molar-refractivity contribution in [3.63, 3.8) is 0 Å². The third kappa shape index (κ3) is 7.16. The Balaban J connectivity index is 1.60. The first kappa shape index (κ1) is 26.0. The predicted molar refractivity (Wildman–Crippen MR) is 131 cm³/mol. The number of benzene rings is 2. The van der Waals surface area contributed by atoms with Crippen molar-refractivity contribution in [1.29, 1.82) is 5.26 Å². The molecule has 0 aliphatic carbocycles. The number of anilines is 1. The summed E-state index contributed by atoms with van der Waals surface area (Å²) in [5.41, 5.74) is 0.240. The lowest BCUT2D eigenvalue weighted by molar-refractivity contribution is -0.112. The van der Waals surface area contributed by atoms with E-state index in [1.54, 1.807) is 37.4 Å². The van der Waals surface area contributed by atoms with Crippen molar-refractivity contribution in [2.75, 3.05) is 31.9 Å². The molecular formula is C22H19ClN4O6S2. The van der Waals surface area contributed by atoms with Crippen molar-refractivity contribution in [3.05, 3.63) is 58.6 Å². The lowest BCUT2D eigenvalue weighted by Crippen LogP contribution is -2.13. The number of halogens is 1. The maximum absolute atomic E-state index is 12.4. The summed E-state index contributed by atoms with van der Waals surface area (Å²) in [5, 5.41) is 19.1. The fraction of sp³-hybridized carbons (Fsp3) is 0.182. The van der Waals surface area contributed by atoms with Crippen LogP contribution in [0.3, 0.4) is 0 Å². The van der Waals surface area contributed by atoms with Gasteiger partial charge in [-0.2, -0.15) is 5.26 Å². The molecule has 1 aromatic heterocycles. The number of nitrogens with zero attached hydrogens (tertiary/aromatic N) is 3. The van der Waals surface area contributed by atoms with Gasteiger partial charge in [-0.1, -0.05) is 41.1 Å². The van der Waals surface area contributed by atoms with Gasteiger partial charge in [0.2, 0.25) is 19.3 Å². The first-order chi connectivity index (χ1) is 16.7. The molecule has 1 amide bonds. The van der Waals surface area contributed by atoms with Crippen molar-refractivity contribution in [2.45, 2.75) is 4.34 Å². The molecule has 0 unspecified atom stereocenters. The fourth-order valence-electron chi connectivity index (χ4n) is 2.66. The zero-order valence-electron chi connectivity index (χ0n) is 18.5. The molecule has 2 aromatic carbocycles. The zero-order chi connectivity index (χ0) is 25.4. The van der Waals surface area contributed by atoms with Crippen LogP contribution < -0.4 is 19.5 Å². The number of sulfone groups is 1. The van der Waals surface area contributed by atoms with Crippen LogP contribution in [0.25, 0.3) is 6.08 Å². The maximum Gasteiger partial charge on any atom is 0.268 e. The summed E-state index contributed by atoms with van der Waals surface area (Å²) in [6, 6.07) is 13.8. The number of nitriles is 1. The first-order valence-electron chi connectivity index (χ1n) is 9.86. The molecule has 0 bridgehead atoms. The molecule has 0 atom stereocenters. The van der Waals surface area contributed by atoms with Crippen LogP contribution in [0, 0.1) is 11.3 Å². The third-order valence-electron chi connectivity index (χ3n) is 4.24. The fourth-order valence-corrected chi connectivity index (χ4v) is 4.40. The van der Waals surface area contributed by atoms with E-state index in [4.69, 9.17) is 25.8 Å². The Morgan fingerprint density at radius 3 is 2.43 bits per heavy atom. The van der Waals surface area contributed by atoms with E-state index in [0.29, 0.717) is 34.1 Å². The zero-order valence-corrected chi connectivity index (χ0v) is 20.9. The summed E-state index contributed by atoms with van der Waals surface area (Å²) in [6.07, 6.45) is 2.30. The molecule has 0 saturated carbocycles. The average Bonchev–Trinajstić information content (AvgIpc) is 3.30. The molecule has 0 saturated heterocycles. The van der Waals surface area contributed by atoms with Gasteiger partial charge in [0.1, 0.15) is 30.6 Å². The Bertz CT molecular complexity index is 1400. The largest absolute Gasteiger partial charge is 0.493 e. The minimum Gasteiger partial charge on any atom is -0.493 e. The summed E-state index contributed by atoms with van der Waals surface area (Å²) in [4.78, 5) is 12.4. The number of rotatable bonds is 10. The maximum atomic E-state index is 12.4. The van der Waals surface area contributed by atoms with Crippen LogP contribution >= 0.6 is 22.9 Å². The highest BCUT2D eigenvalue weighted by Crippen LogP contribution is 2.28. The molecule has 10 nitrogen and oxygen atoms in total. The van der Waals surface area contributed by atoms with Crippen molar-refractivity contribution < 1.29 is 27.4 Å². The molecule has 3 aromatic rings. The van der Waals surface area contributed by atoms with Crippen LogP contribution in [0.15, 0.2) is 52.4 Å². The van der Waals surface area contributed by atoms with Crippen LogP contribution in [0.4, 0.5) is 5.13 Å². The number of nitrogens with one attached hydrogen (secondary N) is 1. The molecule has 0 aliphatic rings. The van der Waals surface area contributed by atoms with E-state index < -0.39 is 15.7 Å². The number of methoxy groups -OCH3 is 1. The van der Waals surface area contributed by atoms with Gasteiger partial charge in [0.05, 0.1) is 12.1 Å².